The van der Waals surface area contributed by atoms with Gasteiger partial charge in [0.1, 0.15) is 23.0 Å². The summed E-state index contributed by atoms with van der Waals surface area (Å²) in [6.45, 7) is 13.4. The van der Waals surface area contributed by atoms with E-state index in [-0.39, 0.29) is 5.41 Å². The average molecular weight is 796 g/mol. The lowest BCUT2D eigenvalue weighted by atomic mass is 9.71. The quantitative estimate of drug-likeness (QED) is 0.0621. The molecule has 0 N–H and O–H groups in total. The molecule has 6 nitrogen and oxygen atoms in total. The van der Waals surface area contributed by atoms with Crippen LogP contribution in [-0.2, 0) is 10.8 Å². The van der Waals surface area contributed by atoms with Crippen molar-refractivity contribution in [3.63, 3.8) is 0 Å². The lowest BCUT2D eigenvalue weighted by Crippen LogP contribution is -2.26. The Labute approximate surface area is 355 Å². The predicted octanol–water partition coefficient (Wildman–Crippen LogP) is 13.8. The molecule has 0 radical (unpaired) electrons. The first kappa shape index (κ1) is 41.4. The van der Waals surface area contributed by atoms with E-state index in [4.69, 9.17) is 18.9 Å². The SMILES string of the molecule is CCOc1ccc(C(C)(CC)c2ccc(OC(=O)Oc3ccc(C(C)(c4ccc(OC)cc4)c4cccc(N(c5ccc(C)cc5)c5ccc(C)cc5)c4)cc3)cc2)cc1. The highest BCUT2D eigenvalue weighted by Gasteiger charge is 2.33. The van der Waals surface area contributed by atoms with E-state index in [1.807, 2.05) is 79.7 Å². The van der Waals surface area contributed by atoms with Crippen LogP contribution in [0.5, 0.6) is 23.0 Å². The Morgan fingerprint density at radius 3 is 1.37 bits per heavy atom. The molecule has 60 heavy (non-hydrogen) atoms. The van der Waals surface area contributed by atoms with Gasteiger partial charge in [-0.25, -0.2) is 4.79 Å². The zero-order chi connectivity index (χ0) is 42.3. The molecular weight excluding hydrogens is 743 g/mol. The first-order valence-electron chi connectivity index (χ1n) is 20.6. The summed E-state index contributed by atoms with van der Waals surface area (Å²) in [5, 5.41) is 0. The molecule has 6 heteroatoms. The molecule has 0 fully saturated rings. The number of hydrogen-bond acceptors (Lipinski definition) is 6. The second-order valence-corrected chi connectivity index (χ2v) is 15.6. The summed E-state index contributed by atoms with van der Waals surface area (Å²) in [6, 6.07) is 57.7. The van der Waals surface area contributed by atoms with E-state index in [9.17, 15) is 4.79 Å². The first-order chi connectivity index (χ1) is 29.0. The molecule has 0 saturated carbocycles. The molecule has 0 aliphatic heterocycles. The highest BCUT2D eigenvalue weighted by atomic mass is 16.7. The molecule has 7 rings (SSSR count). The van der Waals surface area contributed by atoms with E-state index in [1.165, 1.54) is 16.7 Å². The van der Waals surface area contributed by atoms with Crippen molar-refractivity contribution in [2.24, 2.45) is 0 Å². The van der Waals surface area contributed by atoms with Gasteiger partial charge in [0.25, 0.3) is 0 Å². The van der Waals surface area contributed by atoms with Crippen molar-refractivity contribution < 1.29 is 23.7 Å². The fraction of sp³-hybridized carbons (Fsp3) is 0.204. The maximum absolute atomic E-state index is 13.1. The minimum atomic E-state index is -0.807. The lowest BCUT2D eigenvalue weighted by molar-refractivity contribution is 0.152. The van der Waals surface area contributed by atoms with Gasteiger partial charge in [0.15, 0.2) is 0 Å². The van der Waals surface area contributed by atoms with Crippen LogP contribution in [0.4, 0.5) is 21.9 Å². The fourth-order valence-corrected chi connectivity index (χ4v) is 7.84. The van der Waals surface area contributed by atoms with Gasteiger partial charge in [-0.15, -0.1) is 0 Å². The monoisotopic (exact) mass is 795 g/mol. The number of aryl methyl sites for hydroxylation is 2. The van der Waals surface area contributed by atoms with Crippen molar-refractivity contribution in [2.45, 2.75) is 58.8 Å². The molecule has 0 heterocycles. The first-order valence-corrected chi connectivity index (χ1v) is 20.6. The molecule has 7 aromatic carbocycles. The molecule has 7 aromatic rings. The highest BCUT2D eigenvalue weighted by molar-refractivity contribution is 5.77. The molecule has 0 aromatic heterocycles. The van der Waals surface area contributed by atoms with E-state index >= 15 is 0 Å². The second-order valence-electron chi connectivity index (χ2n) is 15.6. The fourth-order valence-electron chi connectivity index (χ4n) is 7.84. The van der Waals surface area contributed by atoms with E-state index in [2.05, 4.69) is 137 Å². The Kier molecular flexibility index (Phi) is 12.4. The van der Waals surface area contributed by atoms with Crippen LogP contribution < -0.4 is 23.8 Å². The molecule has 0 spiro atoms. The van der Waals surface area contributed by atoms with Crippen molar-refractivity contribution in [3.8, 4) is 23.0 Å². The van der Waals surface area contributed by atoms with Gasteiger partial charge in [0.05, 0.1) is 13.7 Å². The Morgan fingerprint density at radius 1 is 0.500 bits per heavy atom. The van der Waals surface area contributed by atoms with Gasteiger partial charge >= 0.3 is 6.16 Å². The zero-order valence-corrected chi connectivity index (χ0v) is 35.6. The summed E-state index contributed by atoms with van der Waals surface area (Å²) >= 11 is 0. The number of ether oxygens (including phenoxy) is 4. The minimum Gasteiger partial charge on any atom is -0.497 e. The zero-order valence-electron chi connectivity index (χ0n) is 35.6. The molecule has 304 valence electrons. The summed E-state index contributed by atoms with van der Waals surface area (Å²) in [5.74, 6) is 2.42. The molecule has 0 aliphatic rings. The number of carbonyl (C=O) groups is 1. The van der Waals surface area contributed by atoms with Crippen LogP contribution in [0.1, 0.15) is 73.1 Å². The molecule has 0 amide bonds. The predicted molar refractivity (Wildman–Crippen MR) is 243 cm³/mol. The minimum absolute atomic E-state index is 0.227. The molecular formula is C54H53NO5. The summed E-state index contributed by atoms with van der Waals surface area (Å²) in [5.41, 5.74) is 10.2. The Balaban J connectivity index is 1.14. The molecule has 2 atom stereocenters. The molecule has 0 aliphatic carbocycles. The number of methoxy groups -OCH3 is 1. The smallest absolute Gasteiger partial charge is 0.497 e. The number of anilines is 3. The van der Waals surface area contributed by atoms with Crippen molar-refractivity contribution in [1.82, 2.24) is 0 Å². The van der Waals surface area contributed by atoms with Crippen molar-refractivity contribution in [1.29, 1.82) is 0 Å². The summed E-state index contributed by atoms with van der Waals surface area (Å²) in [4.78, 5) is 15.4. The summed E-state index contributed by atoms with van der Waals surface area (Å²) in [6.07, 6.45) is 0.0831. The molecule has 2 unspecified atom stereocenters. The standard InChI is InChI=1S/C54H53NO5/c1-8-53(5,40-17-31-49(32-18-40)58-9-2)41-19-33-50(34-20-41)59-52(56)60-51-35-23-43(24-36-51)54(6,42-21-29-48(57-7)30-22-42)44-11-10-12-47(37-44)55(45-25-13-38(3)14-26-45)46-27-15-39(4)16-28-46/h10-37H,8-9H2,1-7H3. The third kappa shape index (κ3) is 8.79. The lowest BCUT2D eigenvalue weighted by Gasteiger charge is -2.34. The Hall–Kier alpha value is -6.79. The molecule has 0 bridgehead atoms. The van der Waals surface area contributed by atoms with Crippen LogP contribution in [-0.4, -0.2) is 19.9 Å². The number of nitrogens with zero attached hydrogens (tertiary/aromatic N) is 1. The third-order valence-corrected chi connectivity index (χ3v) is 11.8. The van der Waals surface area contributed by atoms with Gasteiger partial charge in [-0.1, -0.05) is 110 Å². The van der Waals surface area contributed by atoms with Crippen LogP contribution in [0.3, 0.4) is 0 Å². The van der Waals surface area contributed by atoms with E-state index < -0.39 is 11.6 Å². The maximum atomic E-state index is 13.1. The topological polar surface area (TPSA) is 57.2 Å². The van der Waals surface area contributed by atoms with Crippen LogP contribution in [0.25, 0.3) is 0 Å². The Bertz CT molecular complexity index is 2450. The number of hydrogen-bond donors (Lipinski definition) is 0. The Morgan fingerprint density at radius 2 is 0.933 bits per heavy atom. The highest BCUT2D eigenvalue weighted by Crippen LogP contribution is 2.43. The van der Waals surface area contributed by atoms with Crippen LogP contribution in [0, 0.1) is 13.8 Å². The van der Waals surface area contributed by atoms with E-state index in [1.54, 1.807) is 7.11 Å². The van der Waals surface area contributed by atoms with Crippen LogP contribution in [0.15, 0.2) is 170 Å². The largest absolute Gasteiger partial charge is 0.519 e. The van der Waals surface area contributed by atoms with E-state index in [0.29, 0.717) is 18.1 Å². The second kappa shape index (κ2) is 18.0. The van der Waals surface area contributed by atoms with Gasteiger partial charge in [0, 0.05) is 27.9 Å². The normalized spacial score (nSPS) is 13.1. The van der Waals surface area contributed by atoms with Gasteiger partial charge in [-0.05, 0) is 147 Å². The van der Waals surface area contributed by atoms with Gasteiger partial charge < -0.3 is 23.8 Å². The number of carbonyl (C=O) groups excluding carboxylic acids is 1. The maximum Gasteiger partial charge on any atom is 0.519 e. The van der Waals surface area contributed by atoms with Crippen LogP contribution in [0.2, 0.25) is 0 Å². The average Bonchev–Trinajstić information content (AvgIpc) is 3.28. The van der Waals surface area contributed by atoms with Gasteiger partial charge in [-0.2, -0.15) is 0 Å². The van der Waals surface area contributed by atoms with E-state index in [0.717, 1.165) is 57.2 Å². The molecule has 0 saturated heterocycles. The van der Waals surface area contributed by atoms with Crippen molar-refractivity contribution in [2.75, 3.05) is 18.6 Å². The number of rotatable bonds is 14. The summed E-state index contributed by atoms with van der Waals surface area (Å²) < 4.78 is 22.6. The van der Waals surface area contributed by atoms with Gasteiger partial charge in [0.2, 0.25) is 0 Å². The van der Waals surface area contributed by atoms with Gasteiger partial charge in [-0.3, -0.25) is 0 Å². The van der Waals surface area contributed by atoms with Crippen molar-refractivity contribution in [3.05, 3.63) is 209 Å². The van der Waals surface area contributed by atoms with Crippen molar-refractivity contribution >= 4 is 23.2 Å². The summed E-state index contributed by atoms with van der Waals surface area (Å²) in [7, 11) is 1.67. The van der Waals surface area contributed by atoms with Crippen LogP contribution >= 0.6 is 0 Å². The number of benzene rings is 7. The third-order valence-electron chi connectivity index (χ3n) is 11.8.